The van der Waals surface area contributed by atoms with E-state index in [1.165, 1.54) is 61.9 Å². The molecule has 0 aliphatic heterocycles. The van der Waals surface area contributed by atoms with E-state index in [0.29, 0.717) is 0 Å². The number of aryl methyl sites for hydroxylation is 1. The second kappa shape index (κ2) is 6.17. The molecule has 0 unspecified atom stereocenters. The summed E-state index contributed by atoms with van der Waals surface area (Å²) in [6.45, 7) is 4.50. The van der Waals surface area contributed by atoms with Crippen LogP contribution in [0.4, 0.5) is 5.69 Å². The van der Waals surface area contributed by atoms with Gasteiger partial charge in [-0.1, -0.05) is 25.0 Å². The smallest absolute Gasteiger partial charge is 0.0393 e. The number of nitrogens with zero attached hydrogens (tertiary/aromatic N) is 1. The predicted octanol–water partition coefficient (Wildman–Crippen LogP) is 3.87. The molecule has 0 spiro atoms. The average molecular weight is 272 g/mol. The van der Waals surface area contributed by atoms with Crippen molar-refractivity contribution in [3.8, 4) is 0 Å². The molecular weight excluding hydrogens is 244 g/mol. The molecule has 0 atom stereocenters. The van der Waals surface area contributed by atoms with E-state index in [1.54, 1.807) is 0 Å². The van der Waals surface area contributed by atoms with Crippen LogP contribution in [0.3, 0.4) is 0 Å². The minimum atomic E-state index is 0.792. The summed E-state index contributed by atoms with van der Waals surface area (Å²) in [5.74, 6) is 0.913. The molecule has 0 aromatic heterocycles. The molecule has 2 nitrogen and oxygen atoms in total. The largest absolute Gasteiger partial charge is 0.374 e. The van der Waals surface area contributed by atoms with Crippen LogP contribution in [0.5, 0.6) is 0 Å². The first kappa shape index (κ1) is 13.9. The van der Waals surface area contributed by atoms with Crippen molar-refractivity contribution in [2.45, 2.75) is 58.0 Å². The van der Waals surface area contributed by atoms with Gasteiger partial charge in [0.15, 0.2) is 0 Å². The molecule has 2 aliphatic carbocycles. The van der Waals surface area contributed by atoms with Gasteiger partial charge in [-0.25, -0.2) is 0 Å². The van der Waals surface area contributed by atoms with Crippen molar-refractivity contribution in [1.29, 1.82) is 0 Å². The second-order valence-electron chi connectivity index (χ2n) is 6.81. The number of hydrogen-bond acceptors (Lipinski definition) is 2. The fraction of sp³-hybridized carbons (Fsp3) is 0.667. The van der Waals surface area contributed by atoms with Crippen LogP contribution >= 0.6 is 0 Å². The minimum absolute atomic E-state index is 0.792. The lowest BCUT2D eigenvalue weighted by atomic mass is 10.1. The van der Waals surface area contributed by atoms with E-state index >= 15 is 0 Å². The van der Waals surface area contributed by atoms with Crippen LogP contribution in [0, 0.1) is 12.8 Å². The summed E-state index contributed by atoms with van der Waals surface area (Å²) in [4.78, 5) is 2.46. The van der Waals surface area contributed by atoms with Crippen molar-refractivity contribution in [2.75, 3.05) is 18.5 Å². The van der Waals surface area contributed by atoms with Crippen molar-refractivity contribution < 1.29 is 0 Å². The normalized spacial score (nSPS) is 19.5. The zero-order valence-electron chi connectivity index (χ0n) is 13.0. The maximum Gasteiger partial charge on any atom is 0.0393 e. The highest BCUT2D eigenvalue weighted by atomic mass is 15.1. The summed E-state index contributed by atoms with van der Waals surface area (Å²) in [6, 6.07) is 7.76. The first-order valence-corrected chi connectivity index (χ1v) is 8.26. The van der Waals surface area contributed by atoms with Crippen molar-refractivity contribution in [1.82, 2.24) is 5.32 Å². The summed E-state index contributed by atoms with van der Waals surface area (Å²) in [5.41, 5.74) is 4.25. The Hall–Kier alpha value is -1.02. The minimum Gasteiger partial charge on any atom is -0.374 e. The predicted molar refractivity (Wildman–Crippen MR) is 86.3 cm³/mol. The standard InChI is InChI=1S/C18H28N2/c1-14-11-16(12-19-17-8-9-17)7-10-18(14)20(2)13-15-5-3-4-6-15/h7,10-11,15,17,19H,3-6,8-9,12-13H2,1-2H3. The number of nitrogens with one attached hydrogen (secondary N) is 1. The molecular formula is C18H28N2. The Balaban J connectivity index is 1.59. The van der Waals surface area contributed by atoms with Gasteiger partial charge in [0.2, 0.25) is 0 Å². The van der Waals surface area contributed by atoms with Gasteiger partial charge in [-0.2, -0.15) is 0 Å². The van der Waals surface area contributed by atoms with E-state index in [-0.39, 0.29) is 0 Å². The van der Waals surface area contributed by atoms with E-state index in [4.69, 9.17) is 0 Å². The molecule has 1 N–H and O–H groups in total. The molecule has 0 bridgehead atoms. The van der Waals surface area contributed by atoms with Crippen LogP contribution in [-0.2, 0) is 6.54 Å². The van der Waals surface area contributed by atoms with Crippen LogP contribution in [0.15, 0.2) is 18.2 Å². The Labute approximate surface area is 123 Å². The van der Waals surface area contributed by atoms with Crippen molar-refractivity contribution in [2.24, 2.45) is 5.92 Å². The molecule has 1 aromatic carbocycles. The van der Waals surface area contributed by atoms with Gasteiger partial charge in [0.1, 0.15) is 0 Å². The summed E-state index contributed by atoms with van der Waals surface area (Å²) in [6.07, 6.45) is 8.44. The molecule has 2 aliphatic rings. The van der Waals surface area contributed by atoms with Gasteiger partial charge in [-0.15, -0.1) is 0 Å². The van der Waals surface area contributed by atoms with Crippen molar-refractivity contribution in [3.63, 3.8) is 0 Å². The van der Waals surface area contributed by atoms with Crippen LogP contribution in [0.2, 0.25) is 0 Å². The molecule has 0 amide bonds. The van der Waals surface area contributed by atoms with Crippen LogP contribution in [-0.4, -0.2) is 19.6 Å². The Morgan fingerprint density at radius 1 is 1.15 bits per heavy atom. The Morgan fingerprint density at radius 3 is 2.55 bits per heavy atom. The van der Waals surface area contributed by atoms with E-state index in [1.807, 2.05) is 0 Å². The molecule has 1 aromatic rings. The summed E-state index contributed by atoms with van der Waals surface area (Å²) < 4.78 is 0. The first-order chi connectivity index (χ1) is 9.72. The molecule has 2 fully saturated rings. The second-order valence-corrected chi connectivity index (χ2v) is 6.81. The molecule has 2 saturated carbocycles. The molecule has 3 rings (SSSR count). The maximum atomic E-state index is 3.59. The van der Waals surface area contributed by atoms with E-state index in [2.05, 4.69) is 42.4 Å². The lowest BCUT2D eigenvalue weighted by molar-refractivity contribution is 0.546. The van der Waals surface area contributed by atoms with Gasteiger partial charge < -0.3 is 10.2 Å². The van der Waals surface area contributed by atoms with Crippen molar-refractivity contribution >= 4 is 5.69 Å². The number of hydrogen-bond donors (Lipinski definition) is 1. The highest BCUT2D eigenvalue weighted by molar-refractivity contribution is 5.54. The van der Waals surface area contributed by atoms with Gasteiger partial charge in [-0.3, -0.25) is 0 Å². The molecule has 20 heavy (non-hydrogen) atoms. The monoisotopic (exact) mass is 272 g/mol. The topological polar surface area (TPSA) is 15.3 Å². The van der Waals surface area contributed by atoms with Crippen LogP contribution in [0.1, 0.15) is 49.7 Å². The van der Waals surface area contributed by atoms with Gasteiger partial charge in [-0.05, 0) is 55.7 Å². The average Bonchev–Trinajstić information content (AvgIpc) is 3.13. The Bertz CT molecular complexity index is 445. The van der Waals surface area contributed by atoms with E-state index < -0.39 is 0 Å². The zero-order chi connectivity index (χ0) is 13.9. The Morgan fingerprint density at radius 2 is 1.90 bits per heavy atom. The molecule has 2 heteroatoms. The third-order valence-corrected chi connectivity index (χ3v) is 4.85. The highest BCUT2D eigenvalue weighted by Gasteiger charge is 2.20. The van der Waals surface area contributed by atoms with Crippen molar-refractivity contribution in [3.05, 3.63) is 29.3 Å². The van der Waals surface area contributed by atoms with E-state index in [0.717, 1.165) is 18.5 Å². The van der Waals surface area contributed by atoms with Crippen LogP contribution < -0.4 is 10.2 Å². The lowest BCUT2D eigenvalue weighted by Gasteiger charge is -2.25. The maximum absolute atomic E-state index is 3.59. The number of benzene rings is 1. The lowest BCUT2D eigenvalue weighted by Crippen LogP contribution is -2.24. The summed E-state index contributed by atoms with van der Waals surface area (Å²) in [7, 11) is 2.25. The van der Waals surface area contributed by atoms with Gasteiger partial charge in [0.25, 0.3) is 0 Å². The SMILES string of the molecule is Cc1cc(CNC2CC2)ccc1N(C)CC1CCCC1. The fourth-order valence-corrected chi connectivity index (χ4v) is 3.48. The highest BCUT2D eigenvalue weighted by Crippen LogP contribution is 2.28. The molecule has 110 valence electrons. The number of rotatable bonds is 6. The molecule has 0 radical (unpaired) electrons. The fourth-order valence-electron chi connectivity index (χ4n) is 3.48. The summed E-state index contributed by atoms with van der Waals surface area (Å²) >= 11 is 0. The Kier molecular flexibility index (Phi) is 4.30. The number of anilines is 1. The molecule has 0 saturated heterocycles. The summed E-state index contributed by atoms with van der Waals surface area (Å²) in [5, 5.41) is 3.59. The first-order valence-electron chi connectivity index (χ1n) is 8.26. The van der Waals surface area contributed by atoms with Crippen LogP contribution in [0.25, 0.3) is 0 Å². The van der Waals surface area contributed by atoms with Gasteiger partial charge in [0.05, 0.1) is 0 Å². The van der Waals surface area contributed by atoms with Gasteiger partial charge >= 0.3 is 0 Å². The third-order valence-electron chi connectivity index (χ3n) is 4.85. The van der Waals surface area contributed by atoms with Gasteiger partial charge in [0, 0.05) is 31.9 Å². The zero-order valence-corrected chi connectivity index (χ0v) is 13.0. The quantitative estimate of drug-likeness (QED) is 0.845. The molecule has 0 heterocycles. The van der Waals surface area contributed by atoms with E-state index in [9.17, 15) is 0 Å². The third kappa shape index (κ3) is 3.54.